The molecule has 1 fully saturated rings. The van der Waals surface area contributed by atoms with Gasteiger partial charge in [0.15, 0.2) is 0 Å². The summed E-state index contributed by atoms with van der Waals surface area (Å²) in [6.45, 7) is 5.76. The van der Waals surface area contributed by atoms with Crippen LogP contribution in [0.1, 0.15) is 29.9 Å². The number of piperazine rings is 1. The van der Waals surface area contributed by atoms with Gasteiger partial charge in [-0.15, -0.1) is 0 Å². The summed E-state index contributed by atoms with van der Waals surface area (Å²) in [7, 11) is 0. The van der Waals surface area contributed by atoms with Crippen molar-refractivity contribution in [1.29, 1.82) is 0 Å². The maximum atomic E-state index is 12.8. The average Bonchev–Trinajstić information content (AvgIpc) is 3.16. The van der Waals surface area contributed by atoms with E-state index < -0.39 is 0 Å². The second kappa shape index (κ2) is 8.73. The van der Waals surface area contributed by atoms with Gasteiger partial charge in [-0.1, -0.05) is 19.1 Å². The van der Waals surface area contributed by atoms with Crippen molar-refractivity contribution in [3.8, 4) is 0 Å². The third-order valence-corrected chi connectivity index (χ3v) is 5.02. The Morgan fingerprint density at radius 3 is 2.21 bits per heavy atom. The van der Waals surface area contributed by atoms with Crippen LogP contribution in [-0.4, -0.2) is 58.3 Å². The Labute approximate surface area is 164 Å². The van der Waals surface area contributed by atoms with E-state index in [0.29, 0.717) is 31.9 Å². The van der Waals surface area contributed by atoms with Crippen LogP contribution < -0.4 is 5.32 Å². The number of hydrogen-bond acceptors (Lipinski definition) is 3. The molecule has 1 N–H and O–H groups in total. The molecule has 2 aromatic rings. The molecule has 0 aliphatic carbocycles. The van der Waals surface area contributed by atoms with Crippen LogP contribution in [0.3, 0.4) is 0 Å². The number of benzene rings is 1. The monoisotopic (exact) mass is 382 g/mol. The van der Waals surface area contributed by atoms with Gasteiger partial charge < -0.3 is 19.7 Å². The molecule has 2 heterocycles. The van der Waals surface area contributed by atoms with Crippen molar-refractivity contribution < 1.29 is 14.4 Å². The Hall–Kier alpha value is -3.09. The van der Waals surface area contributed by atoms with E-state index in [0.717, 1.165) is 12.1 Å². The van der Waals surface area contributed by atoms with Crippen molar-refractivity contribution in [3.63, 3.8) is 0 Å². The summed E-state index contributed by atoms with van der Waals surface area (Å²) in [5.74, 6) is -0.275. The Morgan fingerprint density at radius 1 is 0.964 bits per heavy atom. The molecule has 0 unspecified atom stereocenters. The Balaban J connectivity index is 1.60. The molecule has 0 saturated carbocycles. The van der Waals surface area contributed by atoms with Crippen LogP contribution in [0.15, 0.2) is 42.6 Å². The van der Waals surface area contributed by atoms with Crippen molar-refractivity contribution in [2.45, 2.75) is 26.8 Å². The number of carbonyl (C=O) groups excluding carboxylic acids is 3. The van der Waals surface area contributed by atoms with Crippen molar-refractivity contribution in [1.82, 2.24) is 14.4 Å². The van der Waals surface area contributed by atoms with Crippen LogP contribution in [0.25, 0.3) is 0 Å². The van der Waals surface area contributed by atoms with Gasteiger partial charge in [-0.2, -0.15) is 0 Å². The van der Waals surface area contributed by atoms with Gasteiger partial charge in [0.25, 0.3) is 5.91 Å². The van der Waals surface area contributed by atoms with Crippen molar-refractivity contribution in [3.05, 3.63) is 53.9 Å². The summed E-state index contributed by atoms with van der Waals surface area (Å²) in [6, 6.07) is 11.2. The van der Waals surface area contributed by atoms with Crippen LogP contribution in [-0.2, 0) is 22.6 Å². The van der Waals surface area contributed by atoms with Gasteiger partial charge >= 0.3 is 0 Å². The first-order valence-electron chi connectivity index (χ1n) is 9.56. The molecular formula is C21H26N4O3. The van der Waals surface area contributed by atoms with E-state index in [1.807, 2.05) is 24.3 Å². The average molecular weight is 382 g/mol. The number of hydrogen-bond donors (Lipinski definition) is 1. The van der Waals surface area contributed by atoms with E-state index in [1.165, 1.54) is 12.5 Å². The number of carbonyl (C=O) groups is 3. The summed E-state index contributed by atoms with van der Waals surface area (Å²) in [5, 5.41) is 2.87. The number of aryl methyl sites for hydroxylation is 1. The van der Waals surface area contributed by atoms with Crippen molar-refractivity contribution >= 4 is 23.4 Å². The fraction of sp³-hybridized carbons (Fsp3) is 0.381. The Bertz CT molecular complexity index is 849. The van der Waals surface area contributed by atoms with Gasteiger partial charge in [-0.3, -0.25) is 14.4 Å². The van der Waals surface area contributed by atoms with Gasteiger partial charge in [-0.05, 0) is 36.2 Å². The Kier molecular flexibility index (Phi) is 6.13. The molecule has 7 heteroatoms. The smallest absolute Gasteiger partial charge is 0.270 e. The molecule has 1 aliphatic rings. The zero-order chi connectivity index (χ0) is 20.1. The lowest BCUT2D eigenvalue weighted by Crippen LogP contribution is -2.50. The van der Waals surface area contributed by atoms with Crippen molar-refractivity contribution in [2.75, 3.05) is 31.5 Å². The van der Waals surface area contributed by atoms with E-state index in [-0.39, 0.29) is 24.3 Å². The topological polar surface area (TPSA) is 74.7 Å². The molecule has 148 valence electrons. The summed E-state index contributed by atoms with van der Waals surface area (Å²) in [5.41, 5.74) is 2.43. The standard InChI is InChI=1S/C21H26N4O3/c1-3-17-6-8-18(9-7-17)22-20(27)15-25-10-4-5-19(25)21(28)24-13-11-23(12-14-24)16(2)26/h4-10H,3,11-15H2,1-2H3,(H,22,27). The van der Waals surface area contributed by atoms with Gasteiger partial charge in [0.05, 0.1) is 0 Å². The number of amides is 3. The van der Waals surface area contributed by atoms with Gasteiger partial charge in [0, 0.05) is 45.0 Å². The molecule has 1 saturated heterocycles. The Morgan fingerprint density at radius 2 is 1.61 bits per heavy atom. The molecule has 7 nitrogen and oxygen atoms in total. The molecule has 0 radical (unpaired) electrons. The maximum Gasteiger partial charge on any atom is 0.270 e. The number of anilines is 1. The quantitative estimate of drug-likeness (QED) is 0.859. The molecule has 0 atom stereocenters. The number of rotatable bonds is 5. The zero-order valence-corrected chi connectivity index (χ0v) is 16.4. The highest BCUT2D eigenvalue weighted by atomic mass is 16.2. The molecule has 1 aliphatic heterocycles. The highest BCUT2D eigenvalue weighted by Gasteiger charge is 2.25. The minimum atomic E-state index is -0.184. The third-order valence-electron chi connectivity index (χ3n) is 5.02. The molecule has 0 bridgehead atoms. The zero-order valence-electron chi connectivity index (χ0n) is 16.4. The van der Waals surface area contributed by atoms with Crippen LogP contribution >= 0.6 is 0 Å². The molecule has 1 aromatic carbocycles. The first-order valence-corrected chi connectivity index (χ1v) is 9.56. The first-order chi connectivity index (χ1) is 13.5. The molecule has 3 amide bonds. The third kappa shape index (κ3) is 4.60. The van der Waals surface area contributed by atoms with E-state index in [2.05, 4.69) is 12.2 Å². The molecule has 0 spiro atoms. The lowest BCUT2D eigenvalue weighted by molar-refractivity contribution is -0.130. The molecule has 3 rings (SSSR count). The fourth-order valence-corrected chi connectivity index (χ4v) is 3.31. The minimum absolute atomic E-state index is 0.0270. The normalized spacial score (nSPS) is 14.1. The highest BCUT2D eigenvalue weighted by Crippen LogP contribution is 2.13. The largest absolute Gasteiger partial charge is 0.339 e. The second-order valence-electron chi connectivity index (χ2n) is 6.92. The number of nitrogens with zero attached hydrogens (tertiary/aromatic N) is 3. The van der Waals surface area contributed by atoms with Crippen LogP contribution in [0.2, 0.25) is 0 Å². The van der Waals surface area contributed by atoms with E-state index >= 15 is 0 Å². The first kappa shape index (κ1) is 19.7. The molecule has 28 heavy (non-hydrogen) atoms. The van der Waals surface area contributed by atoms with E-state index in [9.17, 15) is 14.4 Å². The van der Waals surface area contributed by atoms with Crippen molar-refractivity contribution in [2.24, 2.45) is 0 Å². The second-order valence-corrected chi connectivity index (χ2v) is 6.92. The lowest BCUT2D eigenvalue weighted by atomic mass is 10.1. The summed E-state index contributed by atoms with van der Waals surface area (Å²) < 4.78 is 1.66. The molecule has 1 aromatic heterocycles. The number of nitrogens with one attached hydrogen (secondary N) is 1. The predicted molar refractivity (Wildman–Crippen MR) is 107 cm³/mol. The fourth-order valence-electron chi connectivity index (χ4n) is 3.31. The van der Waals surface area contributed by atoms with E-state index in [1.54, 1.807) is 32.7 Å². The highest BCUT2D eigenvalue weighted by molar-refractivity contribution is 5.95. The number of aromatic nitrogens is 1. The summed E-state index contributed by atoms with van der Waals surface area (Å²) >= 11 is 0. The minimum Gasteiger partial charge on any atom is -0.339 e. The summed E-state index contributed by atoms with van der Waals surface area (Å²) in [4.78, 5) is 40.1. The lowest BCUT2D eigenvalue weighted by Gasteiger charge is -2.34. The molecular weight excluding hydrogens is 356 g/mol. The summed E-state index contributed by atoms with van der Waals surface area (Å²) in [6.07, 6.45) is 2.68. The van der Waals surface area contributed by atoms with Gasteiger partial charge in [0.1, 0.15) is 12.2 Å². The van der Waals surface area contributed by atoms with Crippen LogP contribution in [0, 0.1) is 0 Å². The SMILES string of the molecule is CCc1ccc(NC(=O)Cn2cccc2C(=O)N2CCN(C(C)=O)CC2)cc1. The van der Waals surface area contributed by atoms with E-state index in [4.69, 9.17) is 0 Å². The van der Waals surface area contributed by atoms with Crippen LogP contribution in [0.4, 0.5) is 5.69 Å². The predicted octanol–water partition coefficient (Wildman–Crippen LogP) is 1.99. The van der Waals surface area contributed by atoms with Crippen LogP contribution in [0.5, 0.6) is 0 Å². The van der Waals surface area contributed by atoms with Gasteiger partial charge in [0.2, 0.25) is 11.8 Å². The van der Waals surface area contributed by atoms with Gasteiger partial charge in [-0.25, -0.2) is 0 Å². The maximum absolute atomic E-state index is 12.8.